The van der Waals surface area contributed by atoms with E-state index in [2.05, 4.69) is 6.92 Å². The third kappa shape index (κ3) is 1.57. The Kier molecular flexibility index (Phi) is 2.54. The van der Waals surface area contributed by atoms with Gasteiger partial charge >= 0.3 is 0 Å². The molecule has 0 spiro atoms. The van der Waals surface area contributed by atoms with Gasteiger partial charge in [0.25, 0.3) is 5.91 Å². The topological polar surface area (TPSA) is 29.5 Å². The smallest absolute Gasteiger partial charge is 0.252 e. The second kappa shape index (κ2) is 3.66. The van der Waals surface area contributed by atoms with Crippen molar-refractivity contribution < 1.29 is 9.53 Å². The van der Waals surface area contributed by atoms with Crippen LogP contribution in [0, 0.1) is 0 Å². The largest absolute Gasteiger partial charge is 0.368 e. The molecule has 0 N–H and O–H groups in total. The van der Waals surface area contributed by atoms with Crippen molar-refractivity contribution in [2.75, 3.05) is 13.2 Å². The number of rotatable bonds is 2. The summed E-state index contributed by atoms with van der Waals surface area (Å²) in [6, 6.07) is 0.483. The molecule has 13 heavy (non-hydrogen) atoms. The molecule has 2 unspecified atom stereocenters. The first kappa shape index (κ1) is 9.00. The van der Waals surface area contributed by atoms with Gasteiger partial charge in [-0.25, -0.2) is 0 Å². The van der Waals surface area contributed by atoms with E-state index in [4.69, 9.17) is 4.74 Å². The van der Waals surface area contributed by atoms with Crippen LogP contribution < -0.4 is 0 Å². The van der Waals surface area contributed by atoms with Gasteiger partial charge in [-0.15, -0.1) is 0 Å². The number of hydrogen-bond acceptors (Lipinski definition) is 2. The number of hydrogen-bond donors (Lipinski definition) is 0. The van der Waals surface area contributed by atoms with E-state index in [1.807, 2.05) is 4.90 Å². The van der Waals surface area contributed by atoms with E-state index < -0.39 is 0 Å². The molecule has 3 heteroatoms. The molecule has 2 aliphatic rings. The standard InChI is InChI=1S/C10H17NO2/c1-2-8-4-3-6-11(8)10(12)9-5-7-13-9/h8-9H,2-7H2,1H3. The van der Waals surface area contributed by atoms with Crippen LogP contribution in [0.15, 0.2) is 0 Å². The molecule has 2 fully saturated rings. The van der Waals surface area contributed by atoms with Gasteiger partial charge in [0, 0.05) is 19.0 Å². The van der Waals surface area contributed by atoms with Crippen LogP contribution in [0.4, 0.5) is 0 Å². The Balaban J connectivity index is 1.94. The summed E-state index contributed by atoms with van der Waals surface area (Å²) in [6.45, 7) is 3.86. The van der Waals surface area contributed by atoms with Crippen LogP contribution in [-0.2, 0) is 9.53 Å². The third-order valence-electron chi connectivity index (χ3n) is 3.11. The molecule has 1 amide bonds. The van der Waals surface area contributed by atoms with Gasteiger partial charge in [-0.1, -0.05) is 6.92 Å². The lowest BCUT2D eigenvalue weighted by Crippen LogP contribution is -2.47. The van der Waals surface area contributed by atoms with Crippen LogP contribution in [-0.4, -0.2) is 36.1 Å². The fourth-order valence-electron chi connectivity index (χ4n) is 2.17. The van der Waals surface area contributed by atoms with Gasteiger partial charge in [-0.2, -0.15) is 0 Å². The molecule has 2 heterocycles. The Morgan fingerprint density at radius 1 is 1.54 bits per heavy atom. The van der Waals surface area contributed by atoms with Crippen molar-refractivity contribution in [3.8, 4) is 0 Å². The molecule has 0 saturated carbocycles. The lowest BCUT2D eigenvalue weighted by Gasteiger charge is -2.32. The predicted octanol–water partition coefficient (Wildman–Crippen LogP) is 1.18. The fourth-order valence-corrected chi connectivity index (χ4v) is 2.17. The average Bonchev–Trinajstić information content (AvgIpc) is 2.47. The van der Waals surface area contributed by atoms with Crippen LogP contribution in [0.5, 0.6) is 0 Å². The van der Waals surface area contributed by atoms with E-state index in [9.17, 15) is 4.79 Å². The normalized spacial score (nSPS) is 33.2. The van der Waals surface area contributed by atoms with Crippen LogP contribution in [0.25, 0.3) is 0 Å². The van der Waals surface area contributed by atoms with E-state index in [-0.39, 0.29) is 12.0 Å². The maximum Gasteiger partial charge on any atom is 0.252 e. The van der Waals surface area contributed by atoms with E-state index in [0.29, 0.717) is 6.04 Å². The van der Waals surface area contributed by atoms with Gasteiger partial charge in [0.05, 0.1) is 6.61 Å². The highest BCUT2D eigenvalue weighted by atomic mass is 16.5. The SMILES string of the molecule is CCC1CCCN1C(=O)C1CCO1. The maximum absolute atomic E-state index is 11.8. The van der Waals surface area contributed by atoms with Gasteiger partial charge in [-0.3, -0.25) is 4.79 Å². The second-order valence-corrected chi connectivity index (χ2v) is 3.88. The molecule has 74 valence electrons. The highest BCUT2D eigenvalue weighted by molar-refractivity contribution is 5.82. The molecule has 0 radical (unpaired) electrons. The minimum absolute atomic E-state index is 0.104. The predicted molar refractivity (Wildman–Crippen MR) is 49.4 cm³/mol. The summed E-state index contributed by atoms with van der Waals surface area (Å²) in [5, 5.41) is 0. The Morgan fingerprint density at radius 2 is 2.31 bits per heavy atom. The summed E-state index contributed by atoms with van der Waals surface area (Å²) in [7, 11) is 0. The number of nitrogens with zero attached hydrogens (tertiary/aromatic N) is 1. The van der Waals surface area contributed by atoms with Gasteiger partial charge < -0.3 is 9.64 Å². The molecular formula is C10H17NO2. The van der Waals surface area contributed by atoms with Crippen molar-refractivity contribution in [3.05, 3.63) is 0 Å². The highest BCUT2D eigenvalue weighted by Gasteiger charge is 2.35. The zero-order valence-corrected chi connectivity index (χ0v) is 8.16. The molecule has 0 aliphatic carbocycles. The number of carbonyl (C=O) groups is 1. The fraction of sp³-hybridized carbons (Fsp3) is 0.900. The molecular weight excluding hydrogens is 166 g/mol. The zero-order chi connectivity index (χ0) is 9.26. The lowest BCUT2D eigenvalue weighted by atomic mass is 10.1. The Bertz CT molecular complexity index is 201. The quantitative estimate of drug-likeness (QED) is 0.643. The summed E-state index contributed by atoms with van der Waals surface area (Å²) in [4.78, 5) is 13.8. The van der Waals surface area contributed by atoms with Crippen LogP contribution >= 0.6 is 0 Å². The van der Waals surface area contributed by atoms with Crippen molar-refractivity contribution >= 4 is 5.91 Å². The monoisotopic (exact) mass is 183 g/mol. The minimum atomic E-state index is -0.104. The van der Waals surface area contributed by atoms with Crippen LogP contribution in [0.1, 0.15) is 32.6 Å². The summed E-state index contributed by atoms with van der Waals surface area (Å²) in [6.07, 6.45) is 4.24. The van der Waals surface area contributed by atoms with Gasteiger partial charge in [0.15, 0.2) is 0 Å². The first-order valence-electron chi connectivity index (χ1n) is 5.25. The zero-order valence-electron chi connectivity index (χ0n) is 8.16. The maximum atomic E-state index is 11.8. The minimum Gasteiger partial charge on any atom is -0.368 e. The average molecular weight is 183 g/mol. The Hall–Kier alpha value is -0.570. The van der Waals surface area contributed by atoms with E-state index in [0.717, 1.165) is 32.4 Å². The highest BCUT2D eigenvalue weighted by Crippen LogP contribution is 2.24. The molecule has 0 aromatic carbocycles. The second-order valence-electron chi connectivity index (χ2n) is 3.88. The van der Waals surface area contributed by atoms with Crippen molar-refractivity contribution in [2.45, 2.75) is 44.8 Å². The Morgan fingerprint density at radius 3 is 2.85 bits per heavy atom. The first-order chi connectivity index (χ1) is 6.33. The molecule has 0 bridgehead atoms. The van der Waals surface area contributed by atoms with E-state index in [1.54, 1.807) is 0 Å². The van der Waals surface area contributed by atoms with Crippen LogP contribution in [0.3, 0.4) is 0 Å². The lowest BCUT2D eigenvalue weighted by molar-refractivity contribution is -0.157. The number of amides is 1. The third-order valence-corrected chi connectivity index (χ3v) is 3.11. The molecule has 2 saturated heterocycles. The Labute approximate surface area is 79.0 Å². The number of carbonyl (C=O) groups excluding carboxylic acids is 1. The number of ether oxygens (including phenoxy) is 1. The number of likely N-dealkylation sites (tertiary alicyclic amines) is 1. The van der Waals surface area contributed by atoms with Crippen molar-refractivity contribution in [1.29, 1.82) is 0 Å². The van der Waals surface area contributed by atoms with E-state index >= 15 is 0 Å². The summed E-state index contributed by atoms with van der Waals surface area (Å²) in [5.74, 6) is 0.232. The molecule has 3 nitrogen and oxygen atoms in total. The summed E-state index contributed by atoms with van der Waals surface area (Å²) >= 11 is 0. The molecule has 2 atom stereocenters. The van der Waals surface area contributed by atoms with Crippen molar-refractivity contribution in [1.82, 2.24) is 4.90 Å². The molecule has 0 aromatic rings. The van der Waals surface area contributed by atoms with Gasteiger partial charge in [0.1, 0.15) is 6.10 Å². The van der Waals surface area contributed by atoms with Crippen molar-refractivity contribution in [3.63, 3.8) is 0 Å². The van der Waals surface area contributed by atoms with Crippen molar-refractivity contribution in [2.24, 2.45) is 0 Å². The van der Waals surface area contributed by atoms with Gasteiger partial charge in [-0.05, 0) is 19.3 Å². The van der Waals surface area contributed by atoms with E-state index in [1.165, 1.54) is 6.42 Å². The molecule has 2 rings (SSSR count). The molecule has 2 aliphatic heterocycles. The summed E-state index contributed by atoms with van der Waals surface area (Å²) < 4.78 is 5.21. The molecule has 0 aromatic heterocycles. The first-order valence-corrected chi connectivity index (χ1v) is 5.25. The van der Waals surface area contributed by atoms with Crippen LogP contribution in [0.2, 0.25) is 0 Å². The summed E-state index contributed by atoms with van der Waals surface area (Å²) in [5.41, 5.74) is 0. The van der Waals surface area contributed by atoms with Gasteiger partial charge in [0.2, 0.25) is 0 Å².